The van der Waals surface area contributed by atoms with Gasteiger partial charge in [-0.15, -0.1) is 0 Å². The number of nitrogens with zero attached hydrogens (tertiary/aromatic N) is 3. The first-order valence-electron chi connectivity index (χ1n) is 6.29. The standard InChI is InChI=1S/C12H24N4O/c1-5-8-13-11(7-6-10(2)17-4)12-14-9-15-16(12)3/h9-11,13H,5-8H2,1-4H3. The van der Waals surface area contributed by atoms with Crippen molar-refractivity contribution in [3.63, 3.8) is 0 Å². The van der Waals surface area contributed by atoms with Crippen molar-refractivity contribution in [2.45, 2.75) is 45.3 Å². The molecule has 0 aliphatic carbocycles. The molecular formula is C12H24N4O. The molecule has 1 aromatic heterocycles. The van der Waals surface area contributed by atoms with E-state index in [0.717, 1.165) is 31.6 Å². The molecule has 0 aromatic carbocycles. The molecule has 0 bridgehead atoms. The SMILES string of the molecule is CCCNC(CCC(C)OC)c1ncnn1C. The lowest BCUT2D eigenvalue weighted by Gasteiger charge is -2.19. The lowest BCUT2D eigenvalue weighted by atomic mass is 10.1. The average molecular weight is 240 g/mol. The van der Waals surface area contributed by atoms with Gasteiger partial charge in [0.2, 0.25) is 0 Å². The number of rotatable bonds is 8. The van der Waals surface area contributed by atoms with Crippen molar-refractivity contribution < 1.29 is 4.74 Å². The van der Waals surface area contributed by atoms with E-state index in [1.807, 2.05) is 11.7 Å². The van der Waals surface area contributed by atoms with Crippen LogP contribution in [0.2, 0.25) is 0 Å². The van der Waals surface area contributed by atoms with Gasteiger partial charge in [0.15, 0.2) is 0 Å². The van der Waals surface area contributed by atoms with Gasteiger partial charge in [0, 0.05) is 14.2 Å². The third kappa shape index (κ3) is 4.44. The van der Waals surface area contributed by atoms with Crippen LogP contribution in [0.3, 0.4) is 0 Å². The first kappa shape index (κ1) is 14.1. The number of nitrogens with one attached hydrogen (secondary N) is 1. The van der Waals surface area contributed by atoms with Crippen molar-refractivity contribution in [2.75, 3.05) is 13.7 Å². The zero-order chi connectivity index (χ0) is 12.7. The summed E-state index contributed by atoms with van der Waals surface area (Å²) in [6.07, 6.45) is 5.05. The van der Waals surface area contributed by atoms with E-state index in [2.05, 4.69) is 29.2 Å². The summed E-state index contributed by atoms with van der Waals surface area (Å²) in [5, 5.41) is 7.64. The van der Waals surface area contributed by atoms with Gasteiger partial charge in [-0.3, -0.25) is 4.68 Å². The van der Waals surface area contributed by atoms with Crippen molar-refractivity contribution >= 4 is 0 Å². The number of methoxy groups -OCH3 is 1. The largest absolute Gasteiger partial charge is 0.382 e. The predicted molar refractivity (Wildman–Crippen MR) is 67.7 cm³/mol. The quantitative estimate of drug-likeness (QED) is 0.751. The maximum absolute atomic E-state index is 5.28. The van der Waals surface area contributed by atoms with Crippen LogP contribution in [0.1, 0.15) is 45.0 Å². The van der Waals surface area contributed by atoms with Gasteiger partial charge in [0.05, 0.1) is 12.1 Å². The van der Waals surface area contributed by atoms with E-state index in [0.29, 0.717) is 0 Å². The molecule has 0 radical (unpaired) electrons. The molecule has 5 nitrogen and oxygen atoms in total. The van der Waals surface area contributed by atoms with Crippen LogP contribution in [0.4, 0.5) is 0 Å². The summed E-state index contributed by atoms with van der Waals surface area (Å²) in [7, 11) is 3.68. The average Bonchev–Trinajstić information content (AvgIpc) is 2.75. The molecule has 1 rings (SSSR count). The molecule has 2 unspecified atom stereocenters. The molecule has 0 aliphatic heterocycles. The molecule has 5 heteroatoms. The second-order valence-corrected chi connectivity index (χ2v) is 4.37. The summed E-state index contributed by atoms with van der Waals surface area (Å²) in [6.45, 7) is 5.25. The van der Waals surface area contributed by atoms with Crippen molar-refractivity contribution in [3.05, 3.63) is 12.2 Å². The fourth-order valence-corrected chi connectivity index (χ4v) is 1.78. The Kier molecular flexibility index (Phi) is 6.15. The van der Waals surface area contributed by atoms with E-state index in [4.69, 9.17) is 4.74 Å². The van der Waals surface area contributed by atoms with Gasteiger partial charge < -0.3 is 10.1 Å². The van der Waals surface area contributed by atoms with Crippen LogP contribution in [0, 0.1) is 0 Å². The van der Waals surface area contributed by atoms with Gasteiger partial charge >= 0.3 is 0 Å². The summed E-state index contributed by atoms with van der Waals surface area (Å²) in [4.78, 5) is 4.32. The molecule has 0 saturated carbocycles. The molecular weight excluding hydrogens is 216 g/mol. The van der Waals surface area contributed by atoms with Gasteiger partial charge in [-0.25, -0.2) is 4.98 Å². The Morgan fingerprint density at radius 3 is 2.76 bits per heavy atom. The molecule has 0 aliphatic rings. The number of hydrogen-bond acceptors (Lipinski definition) is 4. The summed E-state index contributed by atoms with van der Waals surface area (Å²) in [5.74, 6) is 1.00. The van der Waals surface area contributed by atoms with Crippen LogP contribution in [-0.2, 0) is 11.8 Å². The van der Waals surface area contributed by atoms with E-state index in [1.54, 1.807) is 13.4 Å². The third-order valence-electron chi connectivity index (χ3n) is 2.96. The fraction of sp³-hybridized carbons (Fsp3) is 0.833. The van der Waals surface area contributed by atoms with E-state index in [1.165, 1.54) is 0 Å². The van der Waals surface area contributed by atoms with Crippen LogP contribution >= 0.6 is 0 Å². The molecule has 2 atom stereocenters. The second-order valence-electron chi connectivity index (χ2n) is 4.37. The van der Waals surface area contributed by atoms with E-state index >= 15 is 0 Å². The minimum Gasteiger partial charge on any atom is -0.382 e. The topological polar surface area (TPSA) is 52.0 Å². The second kappa shape index (κ2) is 7.40. The van der Waals surface area contributed by atoms with Crippen LogP contribution in [0.25, 0.3) is 0 Å². The zero-order valence-corrected chi connectivity index (χ0v) is 11.3. The van der Waals surface area contributed by atoms with Crippen molar-refractivity contribution in [1.82, 2.24) is 20.1 Å². The lowest BCUT2D eigenvalue weighted by molar-refractivity contribution is 0.105. The molecule has 0 saturated heterocycles. The highest BCUT2D eigenvalue weighted by molar-refractivity contribution is 4.93. The van der Waals surface area contributed by atoms with Gasteiger partial charge in [-0.2, -0.15) is 5.10 Å². The highest BCUT2D eigenvalue weighted by atomic mass is 16.5. The Labute approximate surface area is 104 Å². The van der Waals surface area contributed by atoms with Crippen LogP contribution in [-0.4, -0.2) is 34.5 Å². The van der Waals surface area contributed by atoms with E-state index < -0.39 is 0 Å². The number of aromatic nitrogens is 3. The Bertz CT molecular complexity index is 313. The van der Waals surface area contributed by atoms with Gasteiger partial charge in [0.1, 0.15) is 12.2 Å². The zero-order valence-electron chi connectivity index (χ0n) is 11.3. The summed E-state index contributed by atoms with van der Waals surface area (Å²) in [5.41, 5.74) is 0. The molecule has 1 N–H and O–H groups in total. The summed E-state index contributed by atoms with van der Waals surface area (Å²) >= 11 is 0. The fourth-order valence-electron chi connectivity index (χ4n) is 1.78. The molecule has 0 spiro atoms. The van der Waals surface area contributed by atoms with Crippen LogP contribution in [0.15, 0.2) is 6.33 Å². The smallest absolute Gasteiger partial charge is 0.143 e. The van der Waals surface area contributed by atoms with Crippen LogP contribution in [0.5, 0.6) is 0 Å². The van der Waals surface area contributed by atoms with E-state index in [9.17, 15) is 0 Å². The predicted octanol–water partition coefficient (Wildman–Crippen LogP) is 1.67. The monoisotopic (exact) mass is 240 g/mol. The maximum Gasteiger partial charge on any atom is 0.143 e. The van der Waals surface area contributed by atoms with E-state index in [-0.39, 0.29) is 12.1 Å². The van der Waals surface area contributed by atoms with Gasteiger partial charge in [-0.05, 0) is 32.7 Å². The van der Waals surface area contributed by atoms with Gasteiger partial charge in [0.25, 0.3) is 0 Å². The number of aryl methyl sites for hydroxylation is 1. The highest BCUT2D eigenvalue weighted by Gasteiger charge is 2.16. The Morgan fingerprint density at radius 2 is 2.24 bits per heavy atom. The van der Waals surface area contributed by atoms with Crippen molar-refractivity contribution in [1.29, 1.82) is 0 Å². The van der Waals surface area contributed by atoms with Crippen molar-refractivity contribution in [3.8, 4) is 0 Å². The first-order valence-corrected chi connectivity index (χ1v) is 6.29. The van der Waals surface area contributed by atoms with Gasteiger partial charge in [-0.1, -0.05) is 6.92 Å². The number of hydrogen-bond donors (Lipinski definition) is 1. The Hall–Kier alpha value is -0.940. The normalized spacial score (nSPS) is 14.8. The Morgan fingerprint density at radius 1 is 1.47 bits per heavy atom. The minimum absolute atomic E-state index is 0.264. The molecule has 1 aromatic rings. The summed E-state index contributed by atoms with van der Waals surface area (Å²) < 4.78 is 7.12. The molecule has 0 fully saturated rings. The first-order chi connectivity index (χ1) is 8.19. The maximum atomic E-state index is 5.28. The molecule has 0 amide bonds. The van der Waals surface area contributed by atoms with Crippen molar-refractivity contribution in [2.24, 2.45) is 7.05 Å². The van der Waals surface area contributed by atoms with Crippen LogP contribution < -0.4 is 5.32 Å². The minimum atomic E-state index is 0.264. The molecule has 17 heavy (non-hydrogen) atoms. The summed E-state index contributed by atoms with van der Waals surface area (Å²) in [6, 6.07) is 0.264. The third-order valence-corrected chi connectivity index (χ3v) is 2.96. The number of ether oxygens (including phenoxy) is 1. The molecule has 1 heterocycles. The Balaban J connectivity index is 2.57. The highest BCUT2D eigenvalue weighted by Crippen LogP contribution is 2.17. The molecule has 98 valence electrons. The lowest BCUT2D eigenvalue weighted by Crippen LogP contribution is -2.26.